The Kier molecular flexibility index (Phi) is 5.41. The normalized spacial score (nSPS) is 26.1. The third kappa shape index (κ3) is 3.28. The zero-order valence-electron chi connectivity index (χ0n) is 14.5. The van der Waals surface area contributed by atoms with Crippen LogP contribution in [0.2, 0.25) is 0 Å². The molecule has 1 aromatic rings. The maximum Gasteiger partial charge on any atom is 0.231 e. The van der Waals surface area contributed by atoms with Crippen LogP contribution >= 0.6 is 0 Å². The summed E-state index contributed by atoms with van der Waals surface area (Å²) in [6.45, 7) is 1.21. The van der Waals surface area contributed by atoms with E-state index < -0.39 is 5.41 Å². The molecule has 1 heterocycles. The van der Waals surface area contributed by atoms with Gasteiger partial charge in [-0.3, -0.25) is 4.79 Å². The van der Waals surface area contributed by atoms with Gasteiger partial charge in [-0.05, 0) is 37.0 Å². The van der Waals surface area contributed by atoms with Gasteiger partial charge in [-0.15, -0.1) is 0 Å². The molecule has 1 aliphatic heterocycles. The Labute approximate surface area is 143 Å². The number of carbonyl (C=O) groups is 1. The van der Waals surface area contributed by atoms with Crippen molar-refractivity contribution in [2.75, 3.05) is 27.4 Å². The van der Waals surface area contributed by atoms with Crippen LogP contribution in [0.5, 0.6) is 5.75 Å². The molecular weight excluding hydrogens is 306 g/mol. The van der Waals surface area contributed by atoms with E-state index >= 15 is 0 Å². The fourth-order valence-corrected chi connectivity index (χ4v) is 3.98. The second-order valence-electron chi connectivity index (χ2n) is 6.74. The van der Waals surface area contributed by atoms with E-state index in [0.717, 1.165) is 43.4 Å². The number of ether oxygens (including phenoxy) is 3. The first-order valence-electron chi connectivity index (χ1n) is 8.75. The number of methoxy groups -OCH3 is 2. The minimum Gasteiger partial charge on any atom is -0.497 e. The van der Waals surface area contributed by atoms with Crippen molar-refractivity contribution in [2.24, 2.45) is 0 Å². The molecule has 0 bridgehead atoms. The third-order valence-corrected chi connectivity index (χ3v) is 5.45. The number of rotatable bonds is 5. The van der Waals surface area contributed by atoms with Crippen molar-refractivity contribution < 1.29 is 19.0 Å². The van der Waals surface area contributed by atoms with E-state index in [0.29, 0.717) is 13.2 Å². The average molecular weight is 333 g/mol. The highest BCUT2D eigenvalue weighted by Gasteiger charge is 2.44. The molecule has 5 nitrogen and oxygen atoms in total. The fraction of sp³-hybridized carbons (Fsp3) is 0.632. The SMILES string of the molecule is COc1ccc(C2(C(=O)NC3COCCC3OC)CCCC2)cc1. The molecule has 2 unspecified atom stereocenters. The maximum atomic E-state index is 13.2. The minimum absolute atomic E-state index is 0.0250. The van der Waals surface area contributed by atoms with Gasteiger partial charge < -0.3 is 19.5 Å². The molecule has 1 amide bonds. The molecular formula is C19H27NO4. The van der Waals surface area contributed by atoms with E-state index in [2.05, 4.69) is 5.32 Å². The Morgan fingerprint density at radius 2 is 1.92 bits per heavy atom. The number of benzene rings is 1. The molecule has 1 saturated heterocycles. The lowest BCUT2D eigenvalue weighted by molar-refractivity contribution is -0.130. The molecule has 24 heavy (non-hydrogen) atoms. The first-order valence-corrected chi connectivity index (χ1v) is 8.75. The van der Waals surface area contributed by atoms with Crippen LogP contribution in [0.15, 0.2) is 24.3 Å². The van der Waals surface area contributed by atoms with Gasteiger partial charge in [0.1, 0.15) is 5.75 Å². The summed E-state index contributed by atoms with van der Waals surface area (Å²) in [5.74, 6) is 0.912. The van der Waals surface area contributed by atoms with E-state index in [1.165, 1.54) is 0 Å². The van der Waals surface area contributed by atoms with Crippen LogP contribution in [-0.2, 0) is 19.7 Å². The van der Waals surface area contributed by atoms with E-state index in [-0.39, 0.29) is 18.1 Å². The summed E-state index contributed by atoms with van der Waals surface area (Å²) in [7, 11) is 3.35. The van der Waals surface area contributed by atoms with E-state index in [1.807, 2.05) is 24.3 Å². The quantitative estimate of drug-likeness (QED) is 0.899. The molecule has 1 aromatic carbocycles. The van der Waals surface area contributed by atoms with Gasteiger partial charge in [0.25, 0.3) is 0 Å². The fourth-order valence-electron chi connectivity index (χ4n) is 3.98. The van der Waals surface area contributed by atoms with Crippen LogP contribution in [0.4, 0.5) is 0 Å². The smallest absolute Gasteiger partial charge is 0.231 e. The molecule has 0 spiro atoms. The van der Waals surface area contributed by atoms with Crippen LogP contribution in [0.25, 0.3) is 0 Å². The zero-order valence-corrected chi connectivity index (χ0v) is 14.5. The minimum atomic E-state index is -0.442. The predicted octanol–water partition coefficient (Wildman–Crippen LogP) is 2.43. The highest BCUT2D eigenvalue weighted by atomic mass is 16.5. The topological polar surface area (TPSA) is 56.8 Å². The number of hydrogen-bond donors (Lipinski definition) is 1. The van der Waals surface area contributed by atoms with Gasteiger partial charge in [-0.1, -0.05) is 25.0 Å². The van der Waals surface area contributed by atoms with Crippen LogP contribution in [0.1, 0.15) is 37.7 Å². The number of hydrogen-bond acceptors (Lipinski definition) is 4. The van der Waals surface area contributed by atoms with E-state index in [1.54, 1.807) is 14.2 Å². The lowest BCUT2D eigenvalue weighted by Gasteiger charge is -2.35. The summed E-state index contributed by atoms with van der Waals surface area (Å²) in [5, 5.41) is 3.21. The molecule has 2 fully saturated rings. The molecule has 0 radical (unpaired) electrons. The maximum absolute atomic E-state index is 13.2. The van der Waals surface area contributed by atoms with Crippen molar-refractivity contribution in [1.82, 2.24) is 5.32 Å². The molecule has 0 aromatic heterocycles. The first-order chi connectivity index (χ1) is 11.7. The van der Waals surface area contributed by atoms with Crippen molar-refractivity contribution in [3.05, 3.63) is 29.8 Å². The Balaban J connectivity index is 1.80. The molecule has 2 aliphatic rings. The van der Waals surface area contributed by atoms with Crippen molar-refractivity contribution in [3.8, 4) is 5.75 Å². The van der Waals surface area contributed by atoms with Crippen LogP contribution in [0.3, 0.4) is 0 Å². The Bertz CT molecular complexity index is 551. The van der Waals surface area contributed by atoms with Crippen molar-refractivity contribution in [1.29, 1.82) is 0 Å². The van der Waals surface area contributed by atoms with Crippen molar-refractivity contribution >= 4 is 5.91 Å². The van der Waals surface area contributed by atoms with Crippen molar-refractivity contribution in [3.63, 3.8) is 0 Å². The summed E-state index contributed by atoms with van der Waals surface area (Å²) < 4.78 is 16.3. The zero-order chi connectivity index (χ0) is 17.0. The van der Waals surface area contributed by atoms with Gasteiger partial charge in [-0.25, -0.2) is 0 Å². The van der Waals surface area contributed by atoms with Crippen LogP contribution < -0.4 is 10.1 Å². The number of amides is 1. The number of carbonyl (C=O) groups excluding carboxylic acids is 1. The van der Waals surface area contributed by atoms with Crippen LogP contribution in [-0.4, -0.2) is 45.5 Å². The Morgan fingerprint density at radius 1 is 1.21 bits per heavy atom. The summed E-state index contributed by atoms with van der Waals surface area (Å²) in [4.78, 5) is 13.2. The molecule has 1 saturated carbocycles. The second-order valence-corrected chi connectivity index (χ2v) is 6.74. The highest BCUT2D eigenvalue weighted by Crippen LogP contribution is 2.42. The van der Waals surface area contributed by atoms with Gasteiger partial charge in [0.2, 0.25) is 5.91 Å². The average Bonchev–Trinajstić information content (AvgIpc) is 3.13. The monoisotopic (exact) mass is 333 g/mol. The highest BCUT2D eigenvalue weighted by molar-refractivity contribution is 5.89. The lowest BCUT2D eigenvalue weighted by Crippen LogP contribution is -2.55. The Morgan fingerprint density at radius 3 is 2.54 bits per heavy atom. The van der Waals surface area contributed by atoms with Crippen LogP contribution in [0, 0.1) is 0 Å². The molecule has 2 atom stereocenters. The summed E-state index contributed by atoms with van der Waals surface area (Å²) in [5.41, 5.74) is 0.631. The van der Waals surface area contributed by atoms with Gasteiger partial charge >= 0.3 is 0 Å². The third-order valence-electron chi connectivity index (χ3n) is 5.45. The molecule has 1 N–H and O–H groups in total. The molecule has 132 valence electrons. The summed E-state index contributed by atoms with van der Waals surface area (Å²) >= 11 is 0. The van der Waals surface area contributed by atoms with Gasteiger partial charge in [0.05, 0.1) is 31.3 Å². The summed E-state index contributed by atoms with van der Waals surface area (Å²) in [6.07, 6.45) is 4.77. The van der Waals surface area contributed by atoms with E-state index in [4.69, 9.17) is 14.2 Å². The van der Waals surface area contributed by atoms with E-state index in [9.17, 15) is 4.79 Å². The van der Waals surface area contributed by atoms with Gasteiger partial charge in [-0.2, -0.15) is 0 Å². The molecule has 1 aliphatic carbocycles. The second kappa shape index (κ2) is 7.53. The predicted molar refractivity (Wildman–Crippen MR) is 91.3 cm³/mol. The van der Waals surface area contributed by atoms with Crippen molar-refractivity contribution in [2.45, 2.75) is 49.7 Å². The number of nitrogens with one attached hydrogen (secondary N) is 1. The standard InChI is InChI=1S/C19H27NO4/c1-22-15-7-5-14(6-8-15)19(10-3-4-11-19)18(21)20-16-13-24-12-9-17(16)23-2/h5-8,16-17H,3-4,9-13H2,1-2H3,(H,20,21). The summed E-state index contributed by atoms with van der Waals surface area (Å²) in [6, 6.07) is 7.84. The largest absolute Gasteiger partial charge is 0.497 e. The first kappa shape index (κ1) is 17.2. The lowest BCUT2D eigenvalue weighted by atomic mass is 9.77. The Hall–Kier alpha value is -1.59. The van der Waals surface area contributed by atoms with Gasteiger partial charge in [0.15, 0.2) is 0 Å². The van der Waals surface area contributed by atoms with Gasteiger partial charge in [0, 0.05) is 13.7 Å². The molecule has 3 rings (SSSR count). The molecule has 5 heteroatoms.